The maximum Gasteiger partial charge on any atom is 0.403 e. The molecule has 1 fully saturated rings. The number of nitrogens with one attached hydrogen (secondary N) is 3. The van der Waals surface area contributed by atoms with Gasteiger partial charge in [0.25, 0.3) is 0 Å². The van der Waals surface area contributed by atoms with Crippen LogP contribution in [0.25, 0.3) is 0 Å². The molecule has 2 atom stereocenters. The maximum atomic E-state index is 12.5. The maximum absolute atomic E-state index is 12.5. The number of amides is 2. The SMILES string of the molecule is Cc1ccc(NC(=O)NC2CCC(C(F)(F)F)NC2)cc1. The Bertz CT molecular complexity index is 479. The van der Waals surface area contributed by atoms with Gasteiger partial charge in [-0.25, -0.2) is 4.79 Å². The number of alkyl halides is 3. The number of halogens is 3. The lowest BCUT2D eigenvalue weighted by Gasteiger charge is -2.31. The van der Waals surface area contributed by atoms with E-state index in [4.69, 9.17) is 0 Å². The molecule has 21 heavy (non-hydrogen) atoms. The summed E-state index contributed by atoms with van der Waals surface area (Å²) in [6, 6.07) is 5.10. The number of hydrogen-bond acceptors (Lipinski definition) is 2. The minimum absolute atomic E-state index is 0.0288. The lowest BCUT2D eigenvalue weighted by molar-refractivity contribution is -0.160. The summed E-state index contributed by atoms with van der Waals surface area (Å²) < 4.78 is 37.5. The average molecular weight is 301 g/mol. The molecule has 1 aromatic carbocycles. The number of piperidine rings is 1. The number of carbonyl (C=O) groups is 1. The molecule has 1 aliphatic rings. The van der Waals surface area contributed by atoms with Crippen molar-refractivity contribution in [3.63, 3.8) is 0 Å². The third kappa shape index (κ3) is 4.63. The second kappa shape index (κ2) is 6.34. The number of urea groups is 1. The Labute approximate surface area is 121 Å². The highest BCUT2D eigenvalue weighted by Gasteiger charge is 2.41. The van der Waals surface area contributed by atoms with Crippen LogP contribution in [0.5, 0.6) is 0 Å². The zero-order valence-electron chi connectivity index (χ0n) is 11.6. The number of aryl methyl sites for hydroxylation is 1. The van der Waals surface area contributed by atoms with E-state index in [1.807, 2.05) is 19.1 Å². The van der Waals surface area contributed by atoms with Gasteiger partial charge in [0.15, 0.2) is 0 Å². The predicted molar refractivity (Wildman–Crippen MR) is 74.2 cm³/mol. The second-order valence-electron chi connectivity index (χ2n) is 5.24. The van der Waals surface area contributed by atoms with Crippen molar-refractivity contribution in [1.82, 2.24) is 10.6 Å². The molecule has 4 nitrogen and oxygen atoms in total. The van der Waals surface area contributed by atoms with Gasteiger partial charge in [-0.3, -0.25) is 0 Å². The van der Waals surface area contributed by atoms with Crippen LogP contribution in [0.3, 0.4) is 0 Å². The zero-order valence-corrected chi connectivity index (χ0v) is 11.6. The Morgan fingerprint density at radius 1 is 1.24 bits per heavy atom. The fourth-order valence-corrected chi connectivity index (χ4v) is 2.25. The summed E-state index contributed by atoms with van der Waals surface area (Å²) in [5, 5.41) is 7.75. The average Bonchev–Trinajstić information content (AvgIpc) is 2.41. The highest BCUT2D eigenvalue weighted by atomic mass is 19.4. The van der Waals surface area contributed by atoms with E-state index in [-0.39, 0.29) is 19.0 Å². The molecule has 3 N–H and O–H groups in total. The van der Waals surface area contributed by atoms with E-state index < -0.39 is 18.2 Å². The van der Waals surface area contributed by atoms with Crippen LogP contribution >= 0.6 is 0 Å². The first-order valence-electron chi connectivity index (χ1n) is 6.79. The quantitative estimate of drug-likeness (QED) is 0.787. The van der Waals surface area contributed by atoms with Gasteiger partial charge in [0, 0.05) is 18.3 Å². The van der Waals surface area contributed by atoms with Crippen molar-refractivity contribution >= 4 is 11.7 Å². The van der Waals surface area contributed by atoms with Crippen molar-refractivity contribution in [3.8, 4) is 0 Å². The summed E-state index contributed by atoms with van der Waals surface area (Å²) in [7, 11) is 0. The highest BCUT2D eigenvalue weighted by molar-refractivity contribution is 5.89. The molecule has 0 saturated carbocycles. The lowest BCUT2D eigenvalue weighted by atomic mass is 10.0. The van der Waals surface area contributed by atoms with E-state index in [0.717, 1.165) is 5.56 Å². The van der Waals surface area contributed by atoms with Crippen LogP contribution in [-0.4, -0.2) is 30.8 Å². The Morgan fingerprint density at radius 3 is 2.43 bits per heavy atom. The molecule has 0 aromatic heterocycles. The van der Waals surface area contributed by atoms with E-state index in [2.05, 4.69) is 16.0 Å². The van der Waals surface area contributed by atoms with Gasteiger partial charge in [-0.2, -0.15) is 13.2 Å². The zero-order chi connectivity index (χ0) is 15.5. The molecular formula is C14H18F3N3O. The second-order valence-corrected chi connectivity index (χ2v) is 5.24. The number of hydrogen-bond donors (Lipinski definition) is 3. The molecule has 2 amide bonds. The van der Waals surface area contributed by atoms with Gasteiger partial charge in [-0.1, -0.05) is 17.7 Å². The monoisotopic (exact) mass is 301 g/mol. The summed E-state index contributed by atoms with van der Waals surface area (Å²) in [5.74, 6) is 0. The lowest BCUT2D eigenvalue weighted by Crippen LogP contribution is -2.54. The van der Waals surface area contributed by atoms with Crippen LogP contribution < -0.4 is 16.0 Å². The summed E-state index contributed by atoms with van der Waals surface area (Å²) in [6.45, 7) is 2.06. The first-order valence-corrected chi connectivity index (χ1v) is 6.79. The Balaban J connectivity index is 1.78. The standard InChI is InChI=1S/C14H18F3N3O/c1-9-2-4-10(5-3-9)19-13(21)20-11-6-7-12(18-8-11)14(15,16)17/h2-5,11-12,18H,6-8H2,1H3,(H2,19,20,21). The normalized spacial score (nSPS) is 22.7. The number of anilines is 1. The largest absolute Gasteiger partial charge is 0.403 e. The van der Waals surface area contributed by atoms with Crippen molar-refractivity contribution in [2.75, 3.05) is 11.9 Å². The minimum Gasteiger partial charge on any atom is -0.334 e. The van der Waals surface area contributed by atoms with Crippen molar-refractivity contribution < 1.29 is 18.0 Å². The molecule has 2 rings (SSSR count). The fourth-order valence-electron chi connectivity index (χ4n) is 2.25. The number of carbonyl (C=O) groups excluding carboxylic acids is 1. The predicted octanol–water partition coefficient (Wildman–Crippen LogP) is 2.80. The van der Waals surface area contributed by atoms with E-state index in [0.29, 0.717) is 12.1 Å². The molecule has 7 heteroatoms. The van der Waals surface area contributed by atoms with Crippen molar-refractivity contribution in [3.05, 3.63) is 29.8 Å². The van der Waals surface area contributed by atoms with Crippen molar-refractivity contribution in [2.24, 2.45) is 0 Å². The Morgan fingerprint density at radius 2 is 1.90 bits per heavy atom. The van der Waals surface area contributed by atoms with E-state index >= 15 is 0 Å². The number of benzene rings is 1. The molecule has 2 unspecified atom stereocenters. The van der Waals surface area contributed by atoms with Crippen LogP contribution in [-0.2, 0) is 0 Å². The first kappa shape index (κ1) is 15.6. The van der Waals surface area contributed by atoms with Crippen LogP contribution in [0.4, 0.5) is 23.7 Å². The third-order valence-electron chi connectivity index (χ3n) is 3.45. The van der Waals surface area contributed by atoms with E-state index in [1.165, 1.54) is 0 Å². The topological polar surface area (TPSA) is 53.2 Å². The Hall–Kier alpha value is -1.76. The summed E-state index contributed by atoms with van der Waals surface area (Å²) in [5.41, 5.74) is 1.73. The highest BCUT2D eigenvalue weighted by Crippen LogP contribution is 2.26. The van der Waals surface area contributed by atoms with Gasteiger partial charge >= 0.3 is 12.2 Å². The molecule has 1 saturated heterocycles. The van der Waals surface area contributed by atoms with Gasteiger partial charge in [0.1, 0.15) is 6.04 Å². The van der Waals surface area contributed by atoms with E-state index in [9.17, 15) is 18.0 Å². The minimum atomic E-state index is -4.23. The molecule has 0 radical (unpaired) electrons. The van der Waals surface area contributed by atoms with Crippen molar-refractivity contribution in [2.45, 2.75) is 38.0 Å². The molecule has 0 spiro atoms. The van der Waals surface area contributed by atoms with Crippen molar-refractivity contribution in [1.29, 1.82) is 0 Å². The van der Waals surface area contributed by atoms with Gasteiger partial charge in [0.05, 0.1) is 0 Å². The van der Waals surface area contributed by atoms with Crippen LogP contribution in [0.15, 0.2) is 24.3 Å². The summed E-state index contributed by atoms with van der Waals surface area (Å²) >= 11 is 0. The molecule has 116 valence electrons. The van der Waals surface area contributed by atoms with E-state index in [1.54, 1.807) is 12.1 Å². The van der Waals surface area contributed by atoms with Crippen LogP contribution in [0.2, 0.25) is 0 Å². The van der Waals surface area contributed by atoms with Gasteiger partial charge in [-0.15, -0.1) is 0 Å². The molecule has 1 heterocycles. The summed E-state index contributed by atoms with van der Waals surface area (Å²) in [6.07, 6.45) is -3.95. The number of rotatable bonds is 2. The fraction of sp³-hybridized carbons (Fsp3) is 0.500. The van der Waals surface area contributed by atoms with Gasteiger partial charge in [-0.05, 0) is 31.9 Å². The molecule has 1 aliphatic heterocycles. The van der Waals surface area contributed by atoms with Crippen LogP contribution in [0.1, 0.15) is 18.4 Å². The summed E-state index contributed by atoms with van der Waals surface area (Å²) in [4.78, 5) is 11.8. The van der Waals surface area contributed by atoms with Crippen LogP contribution in [0, 0.1) is 6.92 Å². The van der Waals surface area contributed by atoms with Gasteiger partial charge in [0.2, 0.25) is 0 Å². The van der Waals surface area contributed by atoms with Gasteiger partial charge < -0.3 is 16.0 Å². The molecule has 1 aromatic rings. The molecular weight excluding hydrogens is 283 g/mol. The molecule has 0 bridgehead atoms. The smallest absolute Gasteiger partial charge is 0.334 e. The Kier molecular flexibility index (Phi) is 4.72. The third-order valence-corrected chi connectivity index (χ3v) is 3.45. The molecule has 0 aliphatic carbocycles. The first-order chi connectivity index (χ1) is 9.84.